The van der Waals surface area contributed by atoms with E-state index in [2.05, 4.69) is 17.6 Å². The third-order valence-corrected chi connectivity index (χ3v) is 5.10. The smallest absolute Gasteiger partial charge is 0.253 e. The topological polar surface area (TPSA) is 70.7 Å². The number of anilines is 2. The van der Waals surface area contributed by atoms with Crippen LogP contribution in [0.4, 0.5) is 11.4 Å². The van der Waals surface area contributed by atoms with Crippen LogP contribution >= 0.6 is 0 Å². The van der Waals surface area contributed by atoms with Gasteiger partial charge in [0.2, 0.25) is 5.91 Å². The van der Waals surface area contributed by atoms with Gasteiger partial charge < -0.3 is 20.3 Å². The minimum atomic E-state index is -0.150. The van der Waals surface area contributed by atoms with Crippen LogP contribution in [0.3, 0.4) is 0 Å². The maximum absolute atomic E-state index is 12.6. The van der Waals surface area contributed by atoms with Crippen LogP contribution in [0.15, 0.2) is 48.5 Å². The van der Waals surface area contributed by atoms with Crippen molar-refractivity contribution in [3.8, 4) is 5.75 Å². The zero-order valence-corrected chi connectivity index (χ0v) is 17.1. The van der Waals surface area contributed by atoms with E-state index in [1.807, 2.05) is 36.1 Å². The van der Waals surface area contributed by atoms with Crippen LogP contribution in [0.2, 0.25) is 0 Å². The second-order valence-electron chi connectivity index (χ2n) is 7.41. The van der Waals surface area contributed by atoms with Gasteiger partial charge in [0, 0.05) is 30.0 Å². The van der Waals surface area contributed by atoms with Gasteiger partial charge in [0.25, 0.3) is 5.91 Å². The van der Waals surface area contributed by atoms with Gasteiger partial charge in [0.1, 0.15) is 5.75 Å². The minimum absolute atomic E-state index is 0.0620. The molecule has 0 spiro atoms. The normalized spacial score (nSPS) is 14.3. The SMILES string of the molecule is CCOc1ccc(NCC(=O)Nc2ccc(C(=O)N3CCC(C)CC3)cc2)cc1. The molecule has 6 nitrogen and oxygen atoms in total. The fourth-order valence-corrected chi connectivity index (χ4v) is 3.31. The second kappa shape index (κ2) is 9.96. The number of piperidine rings is 1. The monoisotopic (exact) mass is 395 g/mol. The summed E-state index contributed by atoms with van der Waals surface area (Å²) >= 11 is 0. The van der Waals surface area contributed by atoms with Gasteiger partial charge >= 0.3 is 0 Å². The summed E-state index contributed by atoms with van der Waals surface area (Å²) in [5.74, 6) is 1.40. The molecule has 0 bridgehead atoms. The van der Waals surface area contributed by atoms with Crippen LogP contribution in [0.1, 0.15) is 37.0 Å². The van der Waals surface area contributed by atoms with Crippen molar-refractivity contribution in [1.82, 2.24) is 4.90 Å². The number of hydrogen-bond donors (Lipinski definition) is 2. The van der Waals surface area contributed by atoms with E-state index in [4.69, 9.17) is 4.74 Å². The van der Waals surface area contributed by atoms with Crippen LogP contribution < -0.4 is 15.4 Å². The summed E-state index contributed by atoms with van der Waals surface area (Å²) in [4.78, 5) is 26.7. The molecule has 1 saturated heterocycles. The number of nitrogens with one attached hydrogen (secondary N) is 2. The fraction of sp³-hybridized carbons (Fsp3) is 0.391. The lowest BCUT2D eigenvalue weighted by molar-refractivity contribution is -0.114. The third-order valence-electron chi connectivity index (χ3n) is 5.10. The first-order chi connectivity index (χ1) is 14.0. The van der Waals surface area contributed by atoms with Gasteiger partial charge in [-0.3, -0.25) is 9.59 Å². The number of hydrogen-bond acceptors (Lipinski definition) is 4. The van der Waals surface area contributed by atoms with Crippen LogP contribution in [0.25, 0.3) is 0 Å². The van der Waals surface area contributed by atoms with E-state index in [0.29, 0.717) is 23.8 Å². The molecule has 1 fully saturated rings. The molecule has 2 N–H and O–H groups in total. The molecule has 2 aromatic rings. The molecular formula is C23H29N3O3. The number of carbonyl (C=O) groups excluding carboxylic acids is 2. The molecule has 1 heterocycles. The first kappa shape index (κ1) is 20.7. The molecule has 6 heteroatoms. The Morgan fingerprint density at radius 1 is 1.00 bits per heavy atom. The first-order valence-corrected chi connectivity index (χ1v) is 10.2. The summed E-state index contributed by atoms with van der Waals surface area (Å²) in [6, 6.07) is 14.6. The zero-order valence-electron chi connectivity index (χ0n) is 17.1. The average molecular weight is 396 g/mol. The molecule has 0 aromatic heterocycles. The minimum Gasteiger partial charge on any atom is -0.494 e. The van der Waals surface area contributed by atoms with Crippen molar-refractivity contribution >= 4 is 23.2 Å². The quantitative estimate of drug-likeness (QED) is 0.743. The highest BCUT2D eigenvalue weighted by molar-refractivity contribution is 5.96. The first-order valence-electron chi connectivity index (χ1n) is 10.2. The van der Waals surface area contributed by atoms with Gasteiger partial charge in [0.05, 0.1) is 13.2 Å². The molecule has 2 amide bonds. The van der Waals surface area contributed by atoms with Crippen molar-refractivity contribution in [2.75, 3.05) is 36.9 Å². The molecule has 1 aliphatic heterocycles. The molecule has 0 unspecified atom stereocenters. The van der Waals surface area contributed by atoms with E-state index < -0.39 is 0 Å². The zero-order chi connectivity index (χ0) is 20.6. The van der Waals surface area contributed by atoms with E-state index in [-0.39, 0.29) is 18.4 Å². The fourth-order valence-electron chi connectivity index (χ4n) is 3.31. The molecule has 3 rings (SSSR count). The van der Waals surface area contributed by atoms with E-state index >= 15 is 0 Å². The summed E-state index contributed by atoms with van der Waals surface area (Å²) in [6.07, 6.45) is 2.11. The van der Waals surface area contributed by atoms with Crippen molar-refractivity contribution in [3.63, 3.8) is 0 Å². The Balaban J connectivity index is 1.47. The molecular weight excluding hydrogens is 366 g/mol. The Morgan fingerprint density at radius 2 is 1.62 bits per heavy atom. The highest BCUT2D eigenvalue weighted by atomic mass is 16.5. The second-order valence-corrected chi connectivity index (χ2v) is 7.41. The van der Waals surface area contributed by atoms with E-state index in [1.54, 1.807) is 24.3 Å². The summed E-state index contributed by atoms with van der Waals surface area (Å²) < 4.78 is 5.40. The van der Waals surface area contributed by atoms with Crippen LogP contribution in [-0.2, 0) is 4.79 Å². The van der Waals surface area contributed by atoms with Gasteiger partial charge in [-0.05, 0) is 74.2 Å². The van der Waals surface area contributed by atoms with Gasteiger partial charge in [-0.25, -0.2) is 0 Å². The Morgan fingerprint density at radius 3 is 2.24 bits per heavy atom. The highest BCUT2D eigenvalue weighted by Crippen LogP contribution is 2.19. The van der Waals surface area contributed by atoms with Gasteiger partial charge in [-0.1, -0.05) is 6.92 Å². The molecule has 0 radical (unpaired) electrons. The number of amides is 2. The number of ether oxygens (including phenoxy) is 1. The molecule has 0 aliphatic carbocycles. The summed E-state index contributed by atoms with van der Waals surface area (Å²) in [5.41, 5.74) is 2.18. The lowest BCUT2D eigenvalue weighted by atomic mass is 9.98. The van der Waals surface area contributed by atoms with Crippen molar-refractivity contribution in [1.29, 1.82) is 0 Å². The summed E-state index contributed by atoms with van der Waals surface area (Å²) in [6.45, 7) is 6.57. The molecule has 0 atom stereocenters. The Bertz CT molecular complexity index is 810. The van der Waals surface area contributed by atoms with E-state index in [0.717, 1.165) is 37.4 Å². The Kier molecular flexibility index (Phi) is 7.11. The number of rotatable bonds is 7. The lowest BCUT2D eigenvalue weighted by Gasteiger charge is -2.30. The van der Waals surface area contributed by atoms with Crippen molar-refractivity contribution < 1.29 is 14.3 Å². The van der Waals surface area contributed by atoms with Gasteiger partial charge in [0.15, 0.2) is 0 Å². The third kappa shape index (κ3) is 5.98. The van der Waals surface area contributed by atoms with Crippen LogP contribution in [0.5, 0.6) is 5.75 Å². The van der Waals surface area contributed by atoms with Crippen LogP contribution in [-0.4, -0.2) is 43.0 Å². The van der Waals surface area contributed by atoms with E-state index in [9.17, 15) is 9.59 Å². The van der Waals surface area contributed by atoms with Gasteiger partial charge in [-0.15, -0.1) is 0 Å². The maximum Gasteiger partial charge on any atom is 0.253 e. The Hall–Kier alpha value is -3.02. The summed E-state index contributed by atoms with van der Waals surface area (Å²) in [7, 11) is 0. The molecule has 1 aliphatic rings. The highest BCUT2D eigenvalue weighted by Gasteiger charge is 2.21. The number of benzene rings is 2. The van der Waals surface area contributed by atoms with Crippen LogP contribution in [0, 0.1) is 5.92 Å². The standard InChI is InChI=1S/C23H29N3O3/c1-3-29-21-10-8-19(9-11-21)24-16-22(27)25-20-6-4-18(5-7-20)23(28)26-14-12-17(2)13-15-26/h4-11,17,24H,3,12-16H2,1-2H3,(H,25,27). The number of nitrogens with zero attached hydrogens (tertiary/aromatic N) is 1. The Labute approximate surface area is 172 Å². The predicted octanol–water partition coefficient (Wildman–Crippen LogP) is 4.01. The predicted molar refractivity (Wildman–Crippen MR) is 115 cm³/mol. The van der Waals surface area contributed by atoms with Crippen molar-refractivity contribution in [3.05, 3.63) is 54.1 Å². The average Bonchev–Trinajstić information content (AvgIpc) is 2.74. The molecule has 29 heavy (non-hydrogen) atoms. The molecule has 2 aromatic carbocycles. The maximum atomic E-state index is 12.6. The number of carbonyl (C=O) groups is 2. The largest absolute Gasteiger partial charge is 0.494 e. The summed E-state index contributed by atoms with van der Waals surface area (Å²) in [5, 5.41) is 5.93. The van der Waals surface area contributed by atoms with Crippen molar-refractivity contribution in [2.24, 2.45) is 5.92 Å². The lowest BCUT2D eigenvalue weighted by Crippen LogP contribution is -2.37. The molecule has 154 valence electrons. The van der Waals surface area contributed by atoms with Crippen molar-refractivity contribution in [2.45, 2.75) is 26.7 Å². The van der Waals surface area contributed by atoms with E-state index in [1.165, 1.54) is 0 Å². The number of likely N-dealkylation sites (tertiary alicyclic amines) is 1. The molecule has 0 saturated carbocycles. The van der Waals surface area contributed by atoms with Gasteiger partial charge in [-0.2, -0.15) is 0 Å².